The molecule has 24 heavy (non-hydrogen) atoms. The first-order valence-corrected chi connectivity index (χ1v) is 8.77. The van der Waals surface area contributed by atoms with Gasteiger partial charge < -0.3 is 10.0 Å². The molecule has 3 rings (SSSR count). The number of likely N-dealkylation sites (tertiary alicyclic amines) is 1. The van der Waals surface area contributed by atoms with Gasteiger partial charge in [0.05, 0.1) is 6.10 Å². The van der Waals surface area contributed by atoms with Gasteiger partial charge in [-0.2, -0.15) is 0 Å². The zero-order valence-corrected chi connectivity index (χ0v) is 14.0. The zero-order chi connectivity index (χ0) is 16.8. The quantitative estimate of drug-likeness (QED) is 0.916. The van der Waals surface area contributed by atoms with Gasteiger partial charge in [0.25, 0.3) is 0 Å². The predicted octanol–water partition coefficient (Wildman–Crippen LogP) is 3.39. The van der Waals surface area contributed by atoms with Crippen LogP contribution in [0.2, 0.25) is 0 Å². The highest BCUT2D eigenvalue weighted by Crippen LogP contribution is 2.26. The molecule has 1 atom stereocenters. The number of piperidine rings is 1. The Bertz CT molecular complexity index is 633. The molecule has 0 aliphatic carbocycles. The molecule has 0 radical (unpaired) electrons. The monoisotopic (exact) mass is 323 g/mol. The van der Waals surface area contributed by atoms with Crippen LogP contribution in [0.15, 0.2) is 60.7 Å². The van der Waals surface area contributed by atoms with Crippen molar-refractivity contribution in [2.45, 2.75) is 37.7 Å². The lowest BCUT2D eigenvalue weighted by molar-refractivity contribution is -0.133. The number of aliphatic hydroxyl groups excluding tert-OH is 1. The lowest BCUT2D eigenvalue weighted by Gasteiger charge is -2.31. The van der Waals surface area contributed by atoms with Crippen molar-refractivity contribution in [1.82, 2.24) is 4.90 Å². The van der Waals surface area contributed by atoms with Gasteiger partial charge in [-0.3, -0.25) is 4.79 Å². The van der Waals surface area contributed by atoms with Crippen LogP contribution in [0.25, 0.3) is 0 Å². The van der Waals surface area contributed by atoms with Gasteiger partial charge in [-0.25, -0.2) is 0 Å². The smallest absolute Gasteiger partial charge is 0.223 e. The summed E-state index contributed by atoms with van der Waals surface area (Å²) in [6.45, 7) is 1.35. The maximum atomic E-state index is 12.7. The predicted molar refractivity (Wildman–Crippen MR) is 95.8 cm³/mol. The highest BCUT2D eigenvalue weighted by molar-refractivity contribution is 5.77. The normalized spacial score (nSPS) is 16.8. The Balaban J connectivity index is 1.71. The van der Waals surface area contributed by atoms with E-state index in [9.17, 15) is 9.90 Å². The van der Waals surface area contributed by atoms with Crippen LogP contribution in [-0.4, -0.2) is 35.1 Å². The first-order valence-electron chi connectivity index (χ1n) is 8.77. The highest BCUT2D eigenvalue weighted by Gasteiger charge is 2.24. The number of carbonyl (C=O) groups is 1. The summed E-state index contributed by atoms with van der Waals surface area (Å²) in [5.41, 5.74) is 2.47. The van der Waals surface area contributed by atoms with Crippen LogP contribution in [0, 0.1) is 0 Å². The second kappa shape index (κ2) is 8.11. The third-order valence-electron chi connectivity index (χ3n) is 4.83. The van der Waals surface area contributed by atoms with Crippen LogP contribution in [0.4, 0.5) is 0 Å². The third kappa shape index (κ3) is 4.45. The Morgan fingerprint density at radius 2 is 1.58 bits per heavy atom. The topological polar surface area (TPSA) is 40.5 Å². The second-order valence-corrected chi connectivity index (χ2v) is 6.61. The molecule has 0 spiro atoms. The van der Waals surface area contributed by atoms with Crippen LogP contribution in [0.1, 0.15) is 36.3 Å². The van der Waals surface area contributed by atoms with Gasteiger partial charge in [-0.1, -0.05) is 60.7 Å². The molecule has 1 heterocycles. The molecule has 1 saturated heterocycles. The van der Waals surface area contributed by atoms with E-state index >= 15 is 0 Å². The van der Waals surface area contributed by atoms with Crippen molar-refractivity contribution in [3.63, 3.8) is 0 Å². The van der Waals surface area contributed by atoms with E-state index in [0.717, 1.165) is 6.42 Å². The van der Waals surface area contributed by atoms with E-state index in [2.05, 4.69) is 24.3 Å². The molecule has 0 unspecified atom stereocenters. The second-order valence-electron chi connectivity index (χ2n) is 6.61. The molecule has 3 heteroatoms. The van der Waals surface area contributed by atoms with Crippen molar-refractivity contribution in [1.29, 1.82) is 0 Å². The standard InChI is InChI=1S/C21H25NO2/c23-20-11-13-22(14-12-20)21(24)16-19(18-9-5-2-6-10-18)15-17-7-3-1-4-8-17/h1-10,19-20,23H,11-16H2/t19-/m0/s1. The van der Waals surface area contributed by atoms with Gasteiger partial charge in [-0.05, 0) is 36.3 Å². The van der Waals surface area contributed by atoms with Crippen LogP contribution in [0.3, 0.4) is 0 Å². The Labute approximate surface area is 143 Å². The highest BCUT2D eigenvalue weighted by atomic mass is 16.3. The molecule has 1 aliphatic heterocycles. The molecular formula is C21H25NO2. The number of hydrogen-bond acceptors (Lipinski definition) is 2. The molecule has 1 amide bonds. The molecule has 126 valence electrons. The molecule has 0 saturated carbocycles. The van der Waals surface area contributed by atoms with Crippen LogP contribution >= 0.6 is 0 Å². The summed E-state index contributed by atoms with van der Waals surface area (Å²) >= 11 is 0. The van der Waals surface area contributed by atoms with Crippen molar-refractivity contribution < 1.29 is 9.90 Å². The van der Waals surface area contributed by atoms with Crippen molar-refractivity contribution >= 4 is 5.91 Å². The average Bonchev–Trinajstić information content (AvgIpc) is 2.63. The molecular weight excluding hydrogens is 298 g/mol. The van der Waals surface area contributed by atoms with Gasteiger partial charge in [0, 0.05) is 19.5 Å². The molecule has 1 N–H and O–H groups in total. The summed E-state index contributed by atoms with van der Waals surface area (Å²) in [6.07, 6.45) is 2.53. The van der Waals surface area contributed by atoms with Crippen molar-refractivity contribution in [2.75, 3.05) is 13.1 Å². The molecule has 2 aromatic rings. The minimum atomic E-state index is -0.247. The van der Waals surface area contributed by atoms with Crippen molar-refractivity contribution in [2.24, 2.45) is 0 Å². The van der Waals surface area contributed by atoms with Crippen molar-refractivity contribution in [3.05, 3.63) is 71.8 Å². The van der Waals surface area contributed by atoms with E-state index < -0.39 is 0 Å². The van der Waals surface area contributed by atoms with Crippen LogP contribution in [0.5, 0.6) is 0 Å². The summed E-state index contributed by atoms with van der Waals surface area (Å²) in [4.78, 5) is 14.6. The van der Waals surface area contributed by atoms with Gasteiger partial charge in [-0.15, -0.1) is 0 Å². The average molecular weight is 323 g/mol. The Morgan fingerprint density at radius 3 is 2.21 bits per heavy atom. The fourth-order valence-electron chi connectivity index (χ4n) is 3.39. The largest absolute Gasteiger partial charge is 0.393 e. The number of nitrogens with zero attached hydrogens (tertiary/aromatic N) is 1. The first kappa shape index (κ1) is 16.7. The fourth-order valence-corrected chi connectivity index (χ4v) is 3.39. The number of hydrogen-bond donors (Lipinski definition) is 1. The Hall–Kier alpha value is -2.13. The number of rotatable bonds is 5. The SMILES string of the molecule is O=C(C[C@H](Cc1ccccc1)c1ccccc1)N1CCC(O)CC1. The van der Waals surface area contributed by atoms with E-state index in [4.69, 9.17) is 0 Å². The first-order chi connectivity index (χ1) is 11.7. The lowest BCUT2D eigenvalue weighted by Crippen LogP contribution is -2.40. The van der Waals surface area contributed by atoms with Crippen LogP contribution < -0.4 is 0 Å². The molecule has 2 aromatic carbocycles. The summed E-state index contributed by atoms with van der Waals surface area (Å²) in [5, 5.41) is 9.63. The Kier molecular flexibility index (Phi) is 5.65. The number of aliphatic hydroxyl groups is 1. The van der Waals surface area contributed by atoms with Crippen molar-refractivity contribution in [3.8, 4) is 0 Å². The molecule has 1 aliphatic rings. The fraction of sp³-hybridized carbons (Fsp3) is 0.381. The molecule has 3 nitrogen and oxygen atoms in total. The minimum absolute atomic E-state index is 0.188. The maximum absolute atomic E-state index is 12.7. The van der Waals surface area contributed by atoms with E-state index in [1.165, 1.54) is 11.1 Å². The van der Waals surface area contributed by atoms with Gasteiger partial charge in [0.2, 0.25) is 5.91 Å². The van der Waals surface area contributed by atoms with Crippen LogP contribution in [-0.2, 0) is 11.2 Å². The molecule has 0 bridgehead atoms. The number of amides is 1. The van der Waals surface area contributed by atoms with Gasteiger partial charge in [0.15, 0.2) is 0 Å². The van der Waals surface area contributed by atoms with E-state index in [1.54, 1.807) is 0 Å². The van der Waals surface area contributed by atoms with E-state index in [-0.39, 0.29) is 17.9 Å². The lowest BCUT2D eigenvalue weighted by atomic mass is 9.88. The van der Waals surface area contributed by atoms with Gasteiger partial charge in [0.1, 0.15) is 0 Å². The summed E-state index contributed by atoms with van der Waals surface area (Å²) in [5.74, 6) is 0.389. The maximum Gasteiger partial charge on any atom is 0.223 e. The number of benzene rings is 2. The summed E-state index contributed by atoms with van der Waals surface area (Å²) in [6, 6.07) is 20.7. The molecule has 1 fully saturated rings. The third-order valence-corrected chi connectivity index (χ3v) is 4.83. The summed E-state index contributed by atoms with van der Waals surface area (Å²) in [7, 11) is 0. The van der Waals surface area contributed by atoms with E-state index in [1.807, 2.05) is 41.3 Å². The minimum Gasteiger partial charge on any atom is -0.393 e. The van der Waals surface area contributed by atoms with E-state index in [0.29, 0.717) is 32.4 Å². The van der Waals surface area contributed by atoms with Gasteiger partial charge >= 0.3 is 0 Å². The molecule has 0 aromatic heterocycles. The zero-order valence-electron chi connectivity index (χ0n) is 14.0. The Morgan fingerprint density at radius 1 is 1.00 bits per heavy atom. The number of carbonyl (C=O) groups excluding carboxylic acids is 1. The summed E-state index contributed by atoms with van der Waals surface area (Å²) < 4.78 is 0.